The molecule has 29 heavy (non-hydrogen) atoms. The average Bonchev–Trinajstić information content (AvgIpc) is 2.67. The molecule has 0 unspecified atom stereocenters. The van der Waals surface area contributed by atoms with Gasteiger partial charge >= 0.3 is 5.97 Å². The molecule has 0 aliphatic heterocycles. The Balaban J connectivity index is 2.00. The molecule has 0 saturated carbocycles. The van der Waals surface area contributed by atoms with Crippen molar-refractivity contribution in [1.82, 2.24) is 0 Å². The molecule has 8 nitrogen and oxygen atoms in total. The summed E-state index contributed by atoms with van der Waals surface area (Å²) in [7, 11) is -1.88. The molecule has 0 aromatic heterocycles. The van der Waals surface area contributed by atoms with Gasteiger partial charge in [0.1, 0.15) is 0 Å². The number of carbonyl (C=O) groups is 2. The van der Waals surface area contributed by atoms with Crippen LogP contribution in [0, 0.1) is 0 Å². The lowest BCUT2D eigenvalue weighted by Crippen LogP contribution is -2.21. The van der Waals surface area contributed by atoms with Crippen LogP contribution in [0.25, 0.3) is 0 Å². The van der Waals surface area contributed by atoms with E-state index in [-0.39, 0.29) is 10.5 Å². The van der Waals surface area contributed by atoms with Gasteiger partial charge in [0.25, 0.3) is 5.91 Å². The van der Waals surface area contributed by atoms with Crippen LogP contribution >= 0.6 is 15.9 Å². The largest absolute Gasteiger partial charge is 0.493 e. The first kappa shape index (κ1) is 22.7. The van der Waals surface area contributed by atoms with E-state index in [4.69, 9.17) is 14.2 Å². The maximum Gasteiger partial charge on any atom is 0.338 e. The highest BCUT2D eigenvalue weighted by molar-refractivity contribution is 9.10. The monoisotopic (exact) mass is 485 g/mol. The van der Waals surface area contributed by atoms with Crippen molar-refractivity contribution < 1.29 is 32.2 Å². The highest BCUT2D eigenvalue weighted by Crippen LogP contribution is 2.36. The minimum atomic E-state index is -3.32. The fourth-order valence-corrected chi connectivity index (χ4v) is 3.51. The Bertz CT molecular complexity index is 1000. The number of methoxy groups -OCH3 is 1. The summed E-state index contributed by atoms with van der Waals surface area (Å²) in [6, 6.07) is 8.62. The van der Waals surface area contributed by atoms with Crippen molar-refractivity contribution in [3.05, 3.63) is 46.4 Å². The number of amides is 1. The quantitative estimate of drug-likeness (QED) is 0.572. The lowest BCUT2D eigenvalue weighted by molar-refractivity contribution is -0.119. The molecular weight excluding hydrogens is 466 g/mol. The van der Waals surface area contributed by atoms with Gasteiger partial charge in [0, 0.05) is 11.9 Å². The van der Waals surface area contributed by atoms with Crippen LogP contribution in [-0.2, 0) is 19.4 Å². The Kier molecular flexibility index (Phi) is 7.63. The smallest absolute Gasteiger partial charge is 0.338 e. The number of ether oxygens (including phenoxy) is 3. The lowest BCUT2D eigenvalue weighted by Gasteiger charge is -2.13. The summed E-state index contributed by atoms with van der Waals surface area (Å²) in [6.45, 7) is 1.73. The molecule has 0 aliphatic rings. The predicted octanol–water partition coefficient (Wildman–Crippen LogP) is 3.06. The van der Waals surface area contributed by atoms with Crippen LogP contribution in [0.5, 0.6) is 11.5 Å². The molecule has 1 N–H and O–H groups in total. The number of hydrogen-bond donors (Lipinski definition) is 1. The fraction of sp³-hybridized carbons (Fsp3) is 0.263. The van der Waals surface area contributed by atoms with Gasteiger partial charge in [-0.05, 0) is 59.3 Å². The predicted molar refractivity (Wildman–Crippen MR) is 110 cm³/mol. The van der Waals surface area contributed by atoms with E-state index in [0.717, 1.165) is 6.26 Å². The molecule has 0 heterocycles. The molecule has 156 valence electrons. The van der Waals surface area contributed by atoms with E-state index in [1.54, 1.807) is 0 Å². The number of rotatable bonds is 8. The molecule has 0 atom stereocenters. The Morgan fingerprint density at radius 3 is 2.34 bits per heavy atom. The van der Waals surface area contributed by atoms with Gasteiger partial charge in [0.15, 0.2) is 27.9 Å². The molecule has 2 rings (SSSR count). The maximum absolute atomic E-state index is 12.3. The van der Waals surface area contributed by atoms with Crippen molar-refractivity contribution in [2.45, 2.75) is 11.8 Å². The molecule has 1 amide bonds. The van der Waals surface area contributed by atoms with Gasteiger partial charge in [0.05, 0.1) is 28.6 Å². The second-order valence-electron chi connectivity index (χ2n) is 5.84. The Morgan fingerprint density at radius 2 is 1.79 bits per heavy atom. The van der Waals surface area contributed by atoms with Crippen LogP contribution in [0.1, 0.15) is 17.3 Å². The van der Waals surface area contributed by atoms with Crippen molar-refractivity contribution in [2.75, 3.05) is 31.9 Å². The summed E-state index contributed by atoms with van der Waals surface area (Å²) in [5.41, 5.74) is 0.561. The number of anilines is 1. The first-order valence-electron chi connectivity index (χ1n) is 8.43. The zero-order chi connectivity index (χ0) is 21.6. The van der Waals surface area contributed by atoms with E-state index in [1.165, 1.54) is 43.5 Å². The van der Waals surface area contributed by atoms with Crippen LogP contribution in [0.2, 0.25) is 0 Å². The summed E-state index contributed by atoms with van der Waals surface area (Å²) in [4.78, 5) is 24.4. The molecule has 0 fully saturated rings. The zero-order valence-electron chi connectivity index (χ0n) is 16.0. The van der Waals surface area contributed by atoms with Gasteiger partial charge in [-0.3, -0.25) is 4.79 Å². The van der Waals surface area contributed by atoms with Gasteiger partial charge in [-0.15, -0.1) is 0 Å². The topological polar surface area (TPSA) is 108 Å². The third-order valence-electron chi connectivity index (χ3n) is 3.65. The van der Waals surface area contributed by atoms with Gasteiger partial charge in [-0.2, -0.15) is 0 Å². The number of esters is 1. The van der Waals surface area contributed by atoms with Crippen molar-refractivity contribution in [1.29, 1.82) is 0 Å². The summed E-state index contributed by atoms with van der Waals surface area (Å²) in [5, 5.41) is 2.52. The van der Waals surface area contributed by atoms with Crippen LogP contribution in [0.3, 0.4) is 0 Å². The van der Waals surface area contributed by atoms with E-state index in [2.05, 4.69) is 21.2 Å². The summed E-state index contributed by atoms with van der Waals surface area (Å²) in [6.07, 6.45) is 1.09. The standard InChI is InChI=1S/C19H20BrNO7S/c1-4-27-18-15(20)9-12(10-16(18)26-2)19(23)28-11-17(22)21-13-5-7-14(8-6-13)29(3,24)25/h5-10H,4,11H2,1-3H3,(H,21,22). The second-order valence-corrected chi connectivity index (χ2v) is 8.71. The third kappa shape index (κ3) is 6.20. The molecule has 2 aromatic rings. The first-order valence-corrected chi connectivity index (χ1v) is 11.1. The summed E-state index contributed by atoms with van der Waals surface area (Å²) < 4.78 is 39.1. The fourth-order valence-electron chi connectivity index (χ4n) is 2.32. The van der Waals surface area contributed by atoms with Crippen LogP contribution < -0.4 is 14.8 Å². The Hall–Kier alpha value is -2.59. The van der Waals surface area contributed by atoms with Crippen molar-refractivity contribution >= 4 is 43.3 Å². The molecular formula is C19H20BrNO7S. The van der Waals surface area contributed by atoms with Crippen molar-refractivity contribution in [3.8, 4) is 11.5 Å². The van der Waals surface area contributed by atoms with Gasteiger partial charge in [-0.25, -0.2) is 13.2 Å². The SMILES string of the molecule is CCOc1c(Br)cc(C(=O)OCC(=O)Nc2ccc(S(C)(=O)=O)cc2)cc1OC. The molecule has 2 aromatic carbocycles. The minimum absolute atomic E-state index is 0.136. The number of carbonyl (C=O) groups excluding carboxylic acids is 2. The molecule has 10 heteroatoms. The maximum atomic E-state index is 12.3. The highest BCUT2D eigenvalue weighted by atomic mass is 79.9. The van der Waals surface area contributed by atoms with E-state index in [9.17, 15) is 18.0 Å². The number of benzene rings is 2. The molecule has 0 bridgehead atoms. The van der Waals surface area contributed by atoms with E-state index in [1.807, 2.05) is 6.92 Å². The van der Waals surface area contributed by atoms with Gasteiger partial charge in [0.2, 0.25) is 0 Å². The summed E-state index contributed by atoms with van der Waals surface area (Å²) in [5.74, 6) is -0.470. The van der Waals surface area contributed by atoms with E-state index < -0.39 is 28.3 Å². The van der Waals surface area contributed by atoms with Crippen molar-refractivity contribution in [2.24, 2.45) is 0 Å². The van der Waals surface area contributed by atoms with Crippen LogP contribution in [0.4, 0.5) is 5.69 Å². The lowest BCUT2D eigenvalue weighted by atomic mass is 10.2. The van der Waals surface area contributed by atoms with Gasteiger partial charge in [-0.1, -0.05) is 0 Å². The highest BCUT2D eigenvalue weighted by Gasteiger charge is 2.17. The number of sulfone groups is 1. The number of nitrogens with one attached hydrogen (secondary N) is 1. The Morgan fingerprint density at radius 1 is 1.14 bits per heavy atom. The normalized spacial score (nSPS) is 10.9. The molecule has 0 saturated heterocycles. The molecule has 0 radical (unpaired) electrons. The minimum Gasteiger partial charge on any atom is -0.493 e. The summed E-state index contributed by atoms with van der Waals surface area (Å²) >= 11 is 3.32. The second kappa shape index (κ2) is 9.75. The van der Waals surface area contributed by atoms with Crippen LogP contribution in [0.15, 0.2) is 45.8 Å². The third-order valence-corrected chi connectivity index (χ3v) is 5.37. The van der Waals surface area contributed by atoms with Gasteiger partial charge < -0.3 is 19.5 Å². The average molecular weight is 486 g/mol. The van der Waals surface area contributed by atoms with Crippen molar-refractivity contribution in [3.63, 3.8) is 0 Å². The molecule has 0 spiro atoms. The van der Waals surface area contributed by atoms with E-state index in [0.29, 0.717) is 28.3 Å². The van der Waals surface area contributed by atoms with E-state index >= 15 is 0 Å². The molecule has 0 aliphatic carbocycles. The van der Waals surface area contributed by atoms with Crippen LogP contribution in [-0.4, -0.2) is 46.9 Å². The first-order chi connectivity index (χ1) is 13.7. The zero-order valence-corrected chi connectivity index (χ0v) is 18.4. The number of hydrogen-bond acceptors (Lipinski definition) is 7. The Labute approximate surface area is 177 Å². The number of halogens is 1.